The predicted octanol–water partition coefficient (Wildman–Crippen LogP) is 3.35. The molecule has 0 radical (unpaired) electrons. The van der Waals surface area contributed by atoms with Gasteiger partial charge in [-0.2, -0.15) is 0 Å². The topological polar surface area (TPSA) is 52.0 Å². The van der Waals surface area contributed by atoms with Gasteiger partial charge in [-0.05, 0) is 44.6 Å². The first kappa shape index (κ1) is 9.47. The van der Waals surface area contributed by atoms with Crippen molar-refractivity contribution in [3.63, 3.8) is 0 Å². The number of nitrogens with two attached hydrogens (primary N) is 1. The van der Waals surface area contributed by atoms with Crippen molar-refractivity contribution in [2.24, 2.45) is 0 Å². The van der Waals surface area contributed by atoms with E-state index in [9.17, 15) is 0 Å². The molecule has 0 saturated carbocycles. The van der Waals surface area contributed by atoms with Crippen molar-refractivity contribution in [1.82, 2.24) is 5.16 Å². The smallest absolute Gasteiger partial charge is 0.183 e. The molecule has 2 aromatic heterocycles. The van der Waals surface area contributed by atoms with Crippen molar-refractivity contribution in [2.45, 2.75) is 0 Å². The lowest BCUT2D eigenvalue weighted by Gasteiger charge is -1.88. The number of halogens is 2. The molecule has 0 fully saturated rings. The number of nitrogen functional groups attached to an aromatic ring is 1. The number of hydrogen-bond donors (Lipinski definition) is 1. The lowest BCUT2D eigenvalue weighted by Crippen LogP contribution is -1.85. The van der Waals surface area contributed by atoms with Crippen LogP contribution in [-0.2, 0) is 0 Å². The van der Waals surface area contributed by atoms with E-state index >= 15 is 0 Å². The highest BCUT2D eigenvalue weighted by molar-refractivity contribution is 14.1. The van der Waals surface area contributed by atoms with E-state index in [0.717, 1.165) is 18.7 Å². The van der Waals surface area contributed by atoms with Crippen LogP contribution in [0.1, 0.15) is 0 Å². The van der Waals surface area contributed by atoms with E-state index in [1.807, 2.05) is 11.4 Å². The average molecular weight is 371 g/mol. The first-order valence-electron chi connectivity index (χ1n) is 3.33. The highest BCUT2D eigenvalue weighted by Crippen LogP contribution is 2.33. The second-order valence-corrected chi connectivity index (χ2v) is 5.72. The Labute approximate surface area is 101 Å². The van der Waals surface area contributed by atoms with E-state index in [0.29, 0.717) is 5.82 Å². The maximum Gasteiger partial charge on any atom is 0.183 e. The Balaban J connectivity index is 2.52. The zero-order chi connectivity index (χ0) is 9.42. The number of hydrogen-bond acceptors (Lipinski definition) is 4. The Morgan fingerprint density at radius 3 is 2.85 bits per heavy atom. The van der Waals surface area contributed by atoms with Gasteiger partial charge >= 0.3 is 0 Å². The average Bonchev–Trinajstić information content (AvgIpc) is 2.62. The lowest BCUT2D eigenvalue weighted by atomic mass is 10.3. The van der Waals surface area contributed by atoms with Crippen molar-refractivity contribution < 1.29 is 4.52 Å². The minimum atomic E-state index is 0.443. The highest BCUT2D eigenvalue weighted by atomic mass is 127. The third kappa shape index (κ3) is 1.75. The van der Waals surface area contributed by atoms with Gasteiger partial charge in [0.1, 0.15) is 3.57 Å². The van der Waals surface area contributed by atoms with E-state index in [1.165, 1.54) is 0 Å². The van der Waals surface area contributed by atoms with E-state index in [1.54, 1.807) is 11.3 Å². The molecule has 0 aliphatic carbocycles. The van der Waals surface area contributed by atoms with E-state index in [-0.39, 0.29) is 0 Å². The van der Waals surface area contributed by atoms with Crippen molar-refractivity contribution in [3.8, 4) is 11.3 Å². The van der Waals surface area contributed by atoms with Gasteiger partial charge in [-0.15, -0.1) is 11.3 Å². The molecule has 0 amide bonds. The first-order valence-corrected chi connectivity index (χ1v) is 6.08. The largest absolute Gasteiger partial charge is 0.380 e. The van der Waals surface area contributed by atoms with Crippen LogP contribution in [0.2, 0.25) is 0 Å². The summed E-state index contributed by atoms with van der Waals surface area (Å²) in [4.78, 5) is 0. The Bertz CT molecular complexity index is 439. The monoisotopic (exact) mass is 370 g/mol. The summed E-state index contributed by atoms with van der Waals surface area (Å²) in [6.07, 6.45) is 0. The van der Waals surface area contributed by atoms with E-state index < -0.39 is 0 Å². The normalized spacial score (nSPS) is 10.6. The number of nitrogens with zero attached hydrogens (tertiary/aromatic N) is 1. The van der Waals surface area contributed by atoms with Gasteiger partial charge in [0.2, 0.25) is 0 Å². The zero-order valence-corrected chi connectivity index (χ0v) is 10.8. The zero-order valence-electron chi connectivity index (χ0n) is 6.25. The van der Waals surface area contributed by atoms with Gasteiger partial charge in [0.05, 0.1) is 3.79 Å². The molecule has 6 heteroatoms. The van der Waals surface area contributed by atoms with Crippen LogP contribution < -0.4 is 5.73 Å². The Kier molecular flexibility index (Phi) is 2.61. The van der Waals surface area contributed by atoms with Gasteiger partial charge in [0.25, 0.3) is 0 Å². The molecule has 68 valence electrons. The number of anilines is 1. The fourth-order valence-electron chi connectivity index (χ4n) is 0.900. The molecule has 3 nitrogen and oxygen atoms in total. The third-order valence-electron chi connectivity index (χ3n) is 1.49. The summed E-state index contributed by atoms with van der Waals surface area (Å²) in [5, 5.41) is 5.68. The summed E-state index contributed by atoms with van der Waals surface area (Å²) < 4.78 is 7.02. The van der Waals surface area contributed by atoms with Crippen LogP contribution in [0.3, 0.4) is 0 Å². The number of aromatic nitrogens is 1. The van der Waals surface area contributed by atoms with Crippen LogP contribution in [0, 0.1) is 3.57 Å². The van der Waals surface area contributed by atoms with Crippen LogP contribution in [0.5, 0.6) is 0 Å². The molecule has 0 unspecified atom stereocenters. The SMILES string of the molecule is Nc1noc(-c2csc(Br)c2)c1I. The molecule has 0 aliphatic rings. The maximum absolute atomic E-state index is 5.56. The van der Waals surface area contributed by atoms with Gasteiger partial charge in [-0.25, -0.2) is 0 Å². The van der Waals surface area contributed by atoms with Gasteiger partial charge in [0, 0.05) is 10.9 Å². The van der Waals surface area contributed by atoms with Crippen molar-refractivity contribution in [1.29, 1.82) is 0 Å². The maximum atomic E-state index is 5.56. The standard InChI is InChI=1S/C7H4BrIN2OS/c8-4-1-3(2-13-4)6-5(9)7(10)11-12-6/h1-2H,(H2,10,11). The molecule has 2 N–H and O–H groups in total. The van der Waals surface area contributed by atoms with Gasteiger partial charge in [-0.1, -0.05) is 5.16 Å². The number of rotatable bonds is 1. The van der Waals surface area contributed by atoms with Crippen molar-refractivity contribution in [2.75, 3.05) is 5.73 Å². The van der Waals surface area contributed by atoms with Crippen LogP contribution in [0.25, 0.3) is 11.3 Å². The summed E-state index contributed by atoms with van der Waals surface area (Å²) in [6.45, 7) is 0. The summed E-state index contributed by atoms with van der Waals surface area (Å²) in [6, 6.07) is 1.98. The predicted molar refractivity (Wildman–Crippen MR) is 64.6 cm³/mol. The quantitative estimate of drug-likeness (QED) is 0.783. The molecule has 2 heterocycles. The van der Waals surface area contributed by atoms with Crippen LogP contribution in [0.4, 0.5) is 5.82 Å². The molecule has 2 aromatic rings. The molecular formula is C7H4BrIN2OS. The van der Waals surface area contributed by atoms with Gasteiger partial charge in [-0.3, -0.25) is 0 Å². The van der Waals surface area contributed by atoms with E-state index in [4.69, 9.17) is 10.3 Å². The van der Waals surface area contributed by atoms with Crippen LogP contribution in [0.15, 0.2) is 19.8 Å². The van der Waals surface area contributed by atoms with Gasteiger partial charge < -0.3 is 10.3 Å². The molecule has 0 saturated heterocycles. The van der Waals surface area contributed by atoms with Gasteiger partial charge in [0.15, 0.2) is 11.6 Å². The summed E-state index contributed by atoms with van der Waals surface area (Å²) in [7, 11) is 0. The summed E-state index contributed by atoms with van der Waals surface area (Å²) in [5.41, 5.74) is 6.57. The van der Waals surface area contributed by atoms with Crippen LogP contribution >= 0.6 is 49.9 Å². The Morgan fingerprint density at radius 2 is 2.38 bits per heavy atom. The Morgan fingerprint density at radius 1 is 1.62 bits per heavy atom. The molecule has 0 spiro atoms. The summed E-state index contributed by atoms with van der Waals surface area (Å²) >= 11 is 7.11. The number of thiophene rings is 1. The Hall–Kier alpha value is -0.0800. The molecule has 0 aliphatic heterocycles. The minimum Gasteiger partial charge on any atom is -0.380 e. The van der Waals surface area contributed by atoms with Crippen molar-refractivity contribution >= 4 is 55.7 Å². The van der Waals surface area contributed by atoms with E-state index in [2.05, 4.69) is 43.7 Å². The van der Waals surface area contributed by atoms with Crippen LogP contribution in [-0.4, -0.2) is 5.16 Å². The summed E-state index contributed by atoms with van der Waals surface area (Å²) in [5.74, 6) is 1.18. The molecule has 0 bridgehead atoms. The fourth-order valence-corrected chi connectivity index (χ4v) is 2.54. The second-order valence-electron chi connectivity index (χ2n) is 2.35. The fraction of sp³-hybridized carbons (Fsp3) is 0. The first-order chi connectivity index (χ1) is 6.18. The second kappa shape index (κ2) is 3.58. The lowest BCUT2D eigenvalue weighted by molar-refractivity contribution is 0.435. The highest BCUT2D eigenvalue weighted by Gasteiger charge is 2.13. The van der Waals surface area contributed by atoms with Crippen molar-refractivity contribution in [3.05, 3.63) is 18.8 Å². The molecule has 0 atom stereocenters. The molecule has 13 heavy (non-hydrogen) atoms. The molecular weight excluding hydrogens is 367 g/mol. The molecule has 2 rings (SSSR count). The third-order valence-corrected chi connectivity index (χ3v) is 4.04. The molecule has 0 aromatic carbocycles. The minimum absolute atomic E-state index is 0.443.